The van der Waals surface area contributed by atoms with Gasteiger partial charge < -0.3 is 9.47 Å². The van der Waals surface area contributed by atoms with Gasteiger partial charge in [-0.05, 0) is 111 Å². The minimum Gasteiger partial charge on any atom is -0.311 e. The third-order valence-electron chi connectivity index (χ3n) is 12.0. The molecule has 11 rings (SSSR count). The fourth-order valence-electron chi connectivity index (χ4n) is 8.91. The highest BCUT2D eigenvalue weighted by Crippen LogP contribution is 2.40. The van der Waals surface area contributed by atoms with Crippen LogP contribution in [0.15, 0.2) is 255 Å². The first kappa shape index (κ1) is 36.8. The first-order valence-corrected chi connectivity index (χ1v) is 21.3. The maximum Gasteiger partial charge on any atom is 0.0541 e. The van der Waals surface area contributed by atoms with Crippen molar-refractivity contribution in [3.8, 4) is 61.3 Å². The molecule has 0 aliphatic heterocycles. The van der Waals surface area contributed by atoms with E-state index < -0.39 is 0 Å². The standard InChI is InChI=1S/C60H42N2/c1-4-14-43(15-5-1)45-24-26-47(27-25-45)48-32-37-53(38-33-48)61(52-18-8-3-9-19-52)54-39-34-50(35-40-54)55-20-10-12-22-58(55)62-59-23-13-11-21-56(59)57-42-51(36-41-60(57)62)49-30-28-46(29-31-49)44-16-6-2-7-17-44/h1-42H. The molecule has 0 bridgehead atoms. The zero-order chi connectivity index (χ0) is 41.2. The number of hydrogen-bond donors (Lipinski definition) is 0. The summed E-state index contributed by atoms with van der Waals surface area (Å²) in [5.41, 5.74) is 18.9. The molecule has 11 aromatic rings. The zero-order valence-electron chi connectivity index (χ0n) is 34.1. The van der Waals surface area contributed by atoms with Crippen LogP contribution in [0.1, 0.15) is 0 Å². The number of rotatable bonds is 9. The lowest BCUT2D eigenvalue weighted by molar-refractivity contribution is 1.18. The lowest BCUT2D eigenvalue weighted by Crippen LogP contribution is -2.09. The van der Waals surface area contributed by atoms with E-state index in [4.69, 9.17) is 0 Å². The van der Waals surface area contributed by atoms with Gasteiger partial charge in [-0.15, -0.1) is 0 Å². The maximum absolute atomic E-state index is 2.43. The van der Waals surface area contributed by atoms with Gasteiger partial charge in [0.05, 0.1) is 16.7 Å². The van der Waals surface area contributed by atoms with Crippen molar-refractivity contribution < 1.29 is 0 Å². The van der Waals surface area contributed by atoms with E-state index in [0.717, 1.165) is 28.3 Å². The van der Waals surface area contributed by atoms with E-state index in [1.807, 2.05) is 0 Å². The summed E-state index contributed by atoms with van der Waals surface area (Å²) >= 11 is 0. The topological polar surface area (TPSA) is 8.17 Å². The smallest absolute Gasteiger partial charge is 0.0541 e. The Morgan fingerprint density at radius 3 is 1.18 bits per heavy atom. The van der Waals surface area contributed by atoms with Crippen LogP contribution in [-0.2, 0) is 0 Å². The van der Waals surface area contributed by atoms with Gasteiger partial charge in [0, 0.05) is 33.4 Å². The normalized spacial score (nSPS) is 11.2. The van der Waals surface area contributed by atoms with Crippen LogP contribution in [0, 0.1) is 0 Å². The molecule has 0 N–H and O–H groups in total. The fourth-order valence-corrected chi connectivity index (χ4v) is 8.91. The lowest BCUT2D eigenvalue weighted by Gasteiger charge is -2.26. The van der Waals surface area contributed by atoms with Gasteiger partial charge in [0.25, 0.3) is 0 Å². The van der Waals surface area contributed by atoms with Crippen LogP contribution in [0.5, 0.6) is 0 Å². The number of aromatic nitrogens is 1. The quantitative estimate of drug-likeness (QED) is 0.141. The molecule has 0 fully saturated rings. The van der Waals surface area contributed by atoms with E-state index in [1.54, 1.807) is 0 Å². The van der Waals surface area contributed by atoms with Crippen molar-refractivity contribution in [1.82, 2.24) is 4.57 Å². The highest BCUT2D eigenvalue weighted by atomic mass is 15.1. The van der Waals surface area contributed by atoms with E-state index in [-0.39, 0.29) is 0 Å². The number of para-hydroxylation sites is 3. The highest BCUT2D eigenvalue weighted by molar-refractivity contribution is 6.11. The highest BCUT2D eigenvalue weighted by Gasteiger charge is 2.18. The van der Waals surface area contributed by atoms with Crippen LogP contribution in [-0.4, -0.2) is 4.57 Å². The molecule has 0 spiro atoms. The summed E-state index contributed by atoms with van der Waals surface area (Å²) in [7, 11) is 0. The van der Waals surface area contributed by atoms with E-state index in [2.05, 4.69) is 264 Å². The van der Waals surface area contributed by atoms with Crippen molar-refractivity contribution in [3.05, 3.63) is 255 Å². The predicted molar refractivity (Wildman–Crippen MR) is 263 cm³/mol. The Morgan fingerprint density at radius 2 is 0.613 bits per heavy atom. The van der Waals surface area contributed by atoms with Gasteiger partial charge in [-0.3, -0.25) is 0 Å². The van der Waals surface area contributed by atoms with Gasteiger partial charge in [-0.25, -0.2) is 0 Å². The summed E-state index contributed by atoms with van der Waals surface area (Å²) in [6.45, 7) is 0. The number of benzene rings is 10. The number of hydrogen-bond acceptors (Lipinski definition) is 1. The van der Waals surface area contributed by atoms with Crippen molar-refractivity contribution in [3.63, 3.8) is 0 Å². The largest absolute Gasteiger partial charge is 0.311 e. The molecule has 0 aliphatic carbocycles. The van der Waals surface area contributed by atoms with Crippen molar-refractivity contribution in [1.29, 1.82) is 0 Å². The molecule has 2 nitrogen and oxygen atoms in total. The monoisotopic (exact) mass is 790 g/mol. The molecule has 62 heavy (non-hydrogen) atoms. The summed E-state index contributed by atoms with van der Waals surface area (Å²) < 4.78 is 2.43. The Labute approximate surface area is 362 Å². The molecule has 2 heteroatoms. The Hall–Kier alpha value is -8.20. The zero-order valence-corrected chi connectivity index (χ0v) is 34.1. The summed E-state index contributed by atoms with van der Waals surface area (Å²) in [5.74, 6) is 0. The molecule has 0 atom stereocenters. The number of anilines is 3. The predicted octanol–water partition coefficient (Wildman–Crippen LogP) is 16.6. The van der Waals surface area contributed by atoms with Crippen molar-refractivity contribution >= 4 is 38.9 Å². The second-order valence-corrected chi connectivity index (χ2v) is 15.8. The molecule has 1 heterocycles. The fraction of sp³-hybridized carbons (Fsp3) is 0. The number of fused-ring (bicyclic) bond motifs is 3. The molecule has 0 amide bonds. The third kappa shape index (κ3) is 6.94. The maximum atomic E-state index is 2.43. The summed E-state index contributed by atoms with van der Waals surface area (Å²) in [6, 6.07) is 91.9. The van der Waals surface area contributed by atoms with Gasteiger partial charge in [0.2, 0.25) is 0 Å². The van der Waals surface area contributed by atoms with Crippen LogP contribution < -0.4 is 4.90 Å². The average molecular weight is 791 g/mol. The van der Waals surface area contributed by atoms with Crippen LogP contribution in [0.2, 0.25) is 0 Å². The van der Waals surface area contributed by atoms with Crippen LogP contribution in [0.25, 0.3) is 83.1 Å². The SMILES string of the molecule is c1ccc(-c2ccc(-c3ccc(N(c4ccccc4)c4ccc(-c5ccccc5-n5c6ccccc6c6cc(-c7ccc(-c8ccccc8)cc7)ccc65)cc4)cc3)cc2)cc1. The molecule has 10 aromatic carbocycles. The van der Waals surface area contributed by atoms with Gasteiger partial charge in [-0.1, -0.05) is 194 Å². The summed E-state index contributed by atoms with van der Waals surface area (Å²) in [6.07, 6.45) is 0. The molecule has 0 saturated heterocycles. The molecule has 1 aromatic heterocycles. The second kappa shape index (κ2) is 16.1. The Balaban J connectivity index is 0.926. The molecule has 0 unspecified atom stereocenters. The first-order valence-electron chi connectivity index (χ1n) is 21.3. The molecule has 0 saturated carbocycles. The minimum atomic E-state index is 1.10. The van der Waals surface area contributed by atoms with E-state index in [0.29, 0.717) is 0 Å². The Morgan fingerprint density at radius 1 is 0.242 bits per heavy atom. The molecule has 0 radical (unpaired) electrons. The van der Waals surface area contributed by atoms with Crippen LogP contribution in [0.4, 0.5) is 17.1 Å². The molecule has 0 aliphatic rings. The minimum absolute atomic E-state index is 1.10. The van der Waals surface area contributed by atoms with E-state index in [1.165, 1.54) is 71.9 Å². The number of nitrogens with zero attached hydrogens (tertiary/aromatic N) is 2. The van der Waals surface area contributed by atoms with Crippen molar-refractivity contribution in [2.45, 2.75) is 0 Å². The second-order valence-electron chi connectivity index (χ2n) is 15.8. The summed E-state index contributed by atoms with van der Waals surface area (Å²) in [4.78, 5) is 2.33. The van der Waals surface area contributed by atoms with E-state index in [9.17, 15) is 0 Å². The van der Waals surface area contributed by atoms with Gasteiger partial charge in [0.1, 0.15) is 0 Å². The summed E-state index contributed by atoms with van der Waals surface area (Å²) in [5, 5.41) is 2.48. The average Bonchev–Trinajstić information content (AvgIpc) is 3.69. The van der Waals surface area contributed by atoms with Gasteiger partial charge in [0.15, 0.2) is 0 Å². The van der Waals surface area contributed by atoms with Crippen LogP contribution >= 0.6 is 0 Å². The van der Waals surface area contributed by atoms with Gasteiger partial charge >= 0.3 is 0 Å². The lowest BCUT2D eigenvalue weighted by atomic mass is 9.99. The molecule has 292 valence electrons. The van der Waals surface area contributed by atoms with Crippen molar-refractivity contribution in [2.75, 3.05) is 4.90 Å². The van der Waals surface area contributed by atoms with E-state index >= 15 is 0 Å². The van der Waals surface area contributed by atoms with Crippen LogP contribution in [0.3, 0.4) is 0 Å². The Bertz CT molecular complexity index is 3280. The molecular formula is C60H42N2. The third-order valence-corrected chi connectivity index (χ3v) is 12.0. The first-order chi connectivity index (χ1) is 30.7. The molecular weight excluding hydrogens is 749 g/mol. The Kier molecular flexibility index (Phi) is 9.57. The van der Waals surface area contributed by atoms with Crippen molar-refractivity contribution in [2.24, 2.45) is 0 Å². The van der Waals surface area contributed by atoms with Gasteiger partial charge in [-0.2, -0.15) is 0 Å².